The van der Waals surface area contributed by atoms with Crippen molar-refractivity contribution in [3.63, 3.8) is 0 Å². The van der Waals surface area contributed by atoms with E-state index in [0.29, 0.717) is 69.6 Å². The normalized spacial score (nSPS) is 11.7. The summed E-state index contributed by atoms with van der Waals surface area (Å²) in [7, 11) is 0. The van der Waals surface area contributed by atoms with Crippen LogP contribution < -0.4 is 19.4 Å². The van der Waals surface area contributed by atoms with Gasteiger partial charge >= 0.3 is 31.4 Å². The van der Waals surface area contributed by atoms with Crippen molar-refractivity contribution < 1.29 is 48.8 Å². The fourth-order valence-electron chi connectivity index (χ4n) is 10.8. The Balaban J connectivity index is 0.00000860. The minimum absolute atomic E-state index is 0. The minimum atomic E-state index is -1.01. The van der Waals surface area contributed by atoms with Gasteiger partial charge in [-0.3, -0.25) is 4.98 Å². The third kappa shape index (κ3) is 15.9. The number of benzene rings is 3. The van der Waals surface area contributed by atoms with Crippen molar-refractivity contribution in [2.24, 2.45) is 0 Å². The second-order valence-corrected chi connectivity index (χ2v) is 21.1. The molecule has 414 valence electrons. The molecular formula is C69H75N5O6Zn. The molecule has 81 heavy (non-hydrogen) atoms. The summed E-state index contributed by atoms with van der Waals surface area (Å²) in [4.78, 5) is 50.1. The molecule has 4 aromatic heterocycles. The van der Waals surface area contributed by atoms with Crippen molar-refractivity contribution in [2.75, 3.05) is 13.2 Å². The molecule has 0 saturated heterocycles. The molecule has 2 aliphatic heterocycles. The Bertz CT molecular complexity index is 3340. The Labute approximate surface area is 490 Å². The van der Waals surface area contributed by atoms with Gasteiger partial charge in [0, 0.05) is 18.5 Å². The number of hydrogen-bond acceptors (Lipinski definition) is 7. The van der Waals surface area contributed by atoms with Gasteiger partial charge in [0.25, 0.3) is 0 Å². The Morgan fingerprint density at radius 1 is 0.395 bits per heavy atom. The molecule has 0 radical (unpaired) electrons. The second-order valence-electron chi connectivity index (χ2n) is 21.1. The fourth-order valence-corrected chi connectivity index (χ4v) is 10.8. The quantitative estimate of drug-likeness (QED) is 0.0326. The number of nitrogens with zero attached hydrogens (tertiary/aromatic N) is 5. The molecule has 11 nitrogen and oxygen atoms in total. The fraction of sp³-hybridized carbons (Fsp3) is 0.348. The zero-order valence-corrected chi connectivity index (χ0v) is 50.3. The van der Waals surface area contributed by atoms with Crippen LogP contribution in [0.1, 0.15) is 186 Å². The molecule has 0 atom stereocenters. The van der Waals surface area contributed by atoms with Gasteiger partial charge in [0.2, 0.25) is 0 Å². The number of carboxylic acids is 2. The molecule has 12 heteroatoms. The summed E-state index contributed by atoms with van der Waals surface area (Å²) < 4.78 is 13.3. The van der Waals surface area contributed by atoms with E-state index in [0.717, 1.165) is 70.2 Å². The SMILES string of the molecule is CCCCCCCCCCCCOc1cc(OCCCCCCCCCCCC)cc(-c2c3nc(c(-c4ccc(C(=O)O)cc4)c4ccc([n-]4)c(-c4ccncc4)c4nc(c(-c5ccc(C(=O)O)cc5)c5ccc2[n-]5)C=C4)C=C3)c1.[Zn+2]. The van der Waals surface area contributed by atoms with Crippen molar-refractivity contribution >= 4 is 58.3 Å². The molecule has 0 saturated carbocycles. The van der Waals surface area contributed by atoms with Crippen molar-refractivity contribution in [1.29, 1.82) is 0 Å². The van der Waals surface area contributed by atoms with Crippen molar-refractivity contribution in [2.45, 2.75) is 142 Å². The Morgan fingerprint density at radius 2 is 0.704 bits per heavy atom. The molecule has 0 aliphatic carbocycles. The molecule has 2 aliphatic rings. The topological polar surface area (TPSA) is 160 Å². The van der Waals surface area contributed by atoms with Gasteiger partial charge in [-0.1, -0.05) is 178 Å². The van der Waals surface area contributed by atoms with E-state index in [9.17, 15) is 19.8 Å². The number of carboxylic acid groups (broad SMARTS) is 2. The summed E-state index contributed by atoms with van der Waals surface area (Å²) in [5.74, 6) is -0.621. The largest absolute Gasteiger partial charge is 2.00 e. The second kappa shape index (κ2) is 30.4. The number of aromatic carboxylic acids is 2. The predicted molar refractivity (Wildman–Crippen MR) is 325 cm³/mol. The molecule has 0 unspecified atom stereocenters. The van der Waals surface area contributed by atoms with Crippen molar-refractivity contribution in [3.05, 3.63) is 149 Å². The van der Waals surface area contributed by atoms with E-state index < -0.39 is 11.9 Å². The molecule has 0 amide bonds. The molecular weight excluding hydrogens is 1060 g/mol. The zero-order valence-electron chi connectivity index (χ0n) is 47.3. The number of pyridine rings is 1. The Morgan fingerprint density at radius 3 is 1.04 bits per heavy atom. The zero-order chi connectivity index (χ0) is 55.5. The van der Waals surface area contributed by atoms with E-state index in [2.05, 4.69) is 31.0 Å². The van der Waals surface area contributed by atoms with Gasteiger partial charge in [-0.05, 0) is 130 Å². The number of fused-ring (bicyclic) bond motifs is 8. The van der Waals surface area contributed by atoms with Crippen LogP contribution in [0.25, 0.3) is 90.9 Å². The van der Waals surface area contributed by atoms with Crippen LogP contribution in [-0.4, -0.2) is 50.3 Å². The molecule has 9 rings (SSSR count). The van der Waals surface area contributed by atoms with Crippen LogP contribution in [0.15, 0.2) is 116 Å². The summed E-state index contributed by atoms with van der Waals surface area (Å²) in [6.45, 7) is 5.68. The van der Waals surface area contributed by atoms with Gasteiger partial charge in [0.05, 0.1) is 47.1 Å². The van der Waals surface area contributed by atoms with Crippen LogP contribution in [0.3, 0.4) is 0 Å². The van der Waals surface area contributed by atoms with Gasteiger partial charge in [-0.2, -0.15) is 0 Å². The number of ether oxygens (including phenoxy) is 2. The number of aromatic nitrogens is 5. The molecule has 8 bridgehead atoms. The smallest absolute Gasteiger partial charge is 0.657 e. The van der Waals surface area contributed by atoms with Crippen molar-refractivity contribution in [3.8, 4) is 56.0 Å². The average molecular weight is 1140 g/mol. The van der Waals surface area contributed by atoms with Crippen LogP contribution in [0.5, 0.6) is 11.5 Å². The molecule has 3 aromatic carbocycles. The summed E-state index contributed by atoms with van der Waals surface area (Å²) in [5.41, 5.74) is 11.7. The van der Waals surface area contributed by atoms with E-state index in [1.54, 1.807) is 36.7 Å². The number of hydrogen-bond donors (Lipinski definition) is 2. The van der Waals surface area contributed by atoms with E-state index in [-0.39, 0.29) is 30.6 Å². The van der Waals surface area contributed by atoms with E-state index in [4.69, 9.17) is 29.4 Å². The number of carbonyl (C=O) groups is 2. The monoisotopic (exact) mass is 1130 g/mol. The van der Waals surface area contributed by atoms with Crippen LogP contribution in [0, 0.1) is 0 Å². The average Bonchev–Trinajstić information content (AvgIpc) is 4.47. The minimum Gasteiger partial charge on any atom is -0.657 e. The third-order valence-corrected chi connectivity index (χ3v) is 15.1. The maximum atomic E-state index is 12.1. The van der Waals surface area contributed by atoms with Crippen LogP contribution in [-0.2, 0) is 19.5 Å². The number of unbranched alkanes of at least 4 members (excludes halogenated alkanes) is 18. The van der Waals surface area contributed by atoms with Gasteiger partial charge in [-0.25, -0.2) is 19.6 Å². The molecule has 2 N–H and O–H groups in total. The summed E-state index contributed by atoms with van der Waals surface area (Å²) in [6, 6.07) is 31.6. The first kappa shape index (κ1) is 59.7. The summed E-state index contributed by atoms with van der Waals surface area (Å²) in [6.07, 6.45) is 36.1. The standard InChI is InChI=1S/C69H77N5O6.Zn/c1-3-5-7-9-11-13-15-17-19-21-43-79-54-45-53(46-55(47-54)80-44-22-20-18-16-14-12-10-8-6-4-2)67-62-37-35-58(73-62)64(48-23-27-51(28-24-48)68(75)76)56-31-33-60(71-56)66(50-39-41-70-42-40-50)61-34-32-57(72-61)65(59-36-38-63(67)74-59)49-25-29-52(30-26-49)69(77)78;/h23-42,45-47H,3-22,43-44H2,1-2H3,(H4,70,71,72,73,74,75,76,77,78);/q;+2/p-2. The Kier molecular flexibility index (Phi) is 22.4. The predicted octanol–water partition coefficient (Wildman–Crippen LogP) is 18.0. The first-order chi connectivity index (χ1) is 39.3. The van der Waals surface area contributed by atoms with Crippen molar-refractivity contribution in [1.82, 2.24) is 24.9 Å². The van der Waals surface area contributed by atoms with Gasteiger partial charge in [0.1, 0.15) is 11.5 Å². The molecule has 0 fully saturated rings. The molecule has 7 aromatic rings. The first-order valence-electron chi connectivity index (χ1n) is 29.3. The van der Waals surface area contributed by atoms with Gasteiger partial charge in [-0.15, -0.1) is 22.1 Å². The molecule has 6 heterocycles. The van der Waals surface area contributed by atoms with E-state index in [1.165, 1.54) is 103 Å². The third-order valence-electron chi connectivity index (χ3n) is 15.1. The Hall–Kier alpha value is -7.43. The van der Waals surface area contributed by atoms with E-state index in [1.807, 2.05) is 91.0 Å². The first-order valence-corrected chi connectivity index (χ1v) is 29.3. The number of rotatable bonds is 30. The maximum Gasteiger partial charge on any atom is 2.00 e. The van der Waals surface area contributed by atoms with Gasteiger partial charge < -0.3 is 29.7 Å². The van der Waals surface area contributed by atoms with Gasteiger partial charge in [0.15, 0.2) is 0 Å². The summed E-state index contributed by atoms with van der Waals surface area (Å²) >= 11 is 0. The summed E-state index contributed by atoms with van der Waals surface area (Å²) in [5, 5.41) is 19.8. The van der Waals surface area contributed by atoms with Crippen LogP contribution in [0.2, 0.25) is 0 Å². The van der Waals surface area contributed by atoms with Crippen LogP contribution in [0.4, 0.5) is 0 Å². The maximum absolute atomic E-state index is 12.1. The molecule has 0 spiro atoms. The van der Waals surface area contributed by atoms with Crippen LogP contribution >= 0.6 is 0 Å². The van der Waals surface area contributed by atoms with E-state index >= 15 is 0 Å².